The lowest BCUT2D eigenvalue weighted by molar-refractivity contribution is -0.133. The van der Waals surface area contributed by atoms with Crippen LogP contribution in [-0.2, 0) is 23.8 Å². The summed E-state index contributed by atoms with van der Waals surface area (Å²) >= 11 is 0. The van der Waals surface area contributed by atoms with E-state index in [1.807, 2.05) is 69.2 Å². The predicted octanol–water partition coefficient (Wildman–Crippen LogP) is 6.92. The largest absolute Gasteiger partial charge is 0.375 e. The van der Waals surface area contributed by atoms with Crippen LogP contribution in [0.15, 0.2) is 0 Å². The lowest BCUT2D eigenvalue weighted by Crippen LogP contribution is -2.50. The number of hydrogen-bond acceptors (Lipinski definition) is 6. The Kier molecular flexibility index (Phi) is 17.0. The Bertz CT molecular complexity index is 831. The second-order valence-electron chi connectivity index (χ2n) is 16.7. The number of hydrogen-bond donors (Lipinski definition) is 3. The number of nitrogens with one attached hydrogen (secondary N) is 2. The molecule has 43 heavy (non-hydrogen) atoms. The summed E-state index contributed by atoms with van der Waals surface area (Å²) in [5, 5.41) is 6.37. The maximum Gasteiger partial charge on any atom is 0.226 e. The average molecular weight is 614 g/mol. The third-order valence-electron chi connectivity index (χ3n) is 8.23. The van der Waals surface area contributed by atoms with E-state index in [9.17, 15) is 9.59 Å². The molecule has 0 fully saturated rings. The van der Waals surface area contributed by atoms with Crippen molar-refractivity contribution < 1.29 is 23.8 Å². The monoisotopic (exact) mass is 614 g/mol. The van der Waals surface area contributed by atoms with Crippen LogP contribution in [0.3, 0.4) is 0 Å². The summed E-state index contributed by atoms with van der Waals surface area (Å²) in [5.74, 6) is 0.680. The Morgan fingerprint density at radius 1 is 0.605 bits per heavy atom. The first-order valence-corrected chi connectivity index (χ1v) is 16.6. The molecular formula is C35H71N3O5. The summed E-state index contributed by atoms with van der Waals surface area (Å²) in [4.78, 5) is 25.9. The summed E-state index contributed by atoms with van der Waals surface area (Å²) in [6, 6.07) is 0. The lowest BCUT2D eigenvalue weighted by Gasteiger charge is -2.34. The van der Waals surface area contributed by atoms with Crippen molar-refractivity contribution in [2.24, 2.45) is 17.1 Å². The Balaban J connectivity index is 4.58. The van der Waals surface area contributed by atoms with E-state index in [0.717, 1.165) is 25.7 Å². The van der Waals surface area contributed by atoms with Gasteiger partial charge in [0.25, 0.3) is 0 Å². The highest BCUT2D eigenvalue weighted by Gasteiger charge is 2.33. The van der Waals surface area contributed by atoms with Gasteiger partial charge in [-0.25, -0.2) is 0 Å². The van der Waals surface area contributed by atoms with E-state index in [0.29, 0.717) is 58.0 Å². The van der Waals surface area contributed by atoms with E-state index in [4.69, 9.17) is 19.9 Å². The first-order chi connectivity index (χ1) is 19.3. The maximum atomic E-state index is 13.1. The van der Waals surface area contributed by atoms with Crippen molar-refractivity contribution in [2.75, 3.05) is 26.4 Å². The van der Waals surface area contributed by atoms with Crippen LogP contribution in [0.5, 0.6) is 0 Å². The van der Waals surface area contributed by atoms with Crippen molar-refractivity contribution in [3.8, 4) is 0 Å². The molecule has 0 spiro atoms. The van der Waals surface area contributed by atoms with Gasteiger partial charge in [-0.1, -0.05) is 27.7 Å². The van der Waals surface area contributed by atoms with Gasteiger partial charge in [0.2, 0.25) is 11.8 Å². The molecule has 4 N–H and O–H groups in total. The number of ether oxygens (including phenoxy) is 3. The first kappa shape index (κ1) is 41.8. The fourth-order valence-corrected chi connectivity index (χ4v) is 4.52. The van der Waals surface area contributed by atoms with Crippen molar-refractivity contribution in [2.45, 2.75) is 176 Å². The SMILES string of the molecule is CC(C)CCC(C)(C)OCCC(C)(C)NC(=O)CCC(C)(C)OCCC(C)(C)NC(=O)C(C)(C)CCOC(C)(C)CCN. The molecule has 0 unspecified atom stereocenters. The van der Waals surface area contributed by atoms with Crippen molar-refractivity contribution in [3.63, 3.8) is 0 Å². The molecule has 0 aromatic carbocycles. The Hall–Kier alpha value is -1.22. The van der Waals surface area contributed by atoms with E-state index >= 15 is 0 Å². The van der Waals surface area contributed by atoms with Crippen molar-refractivity contribution in [1.82, 2.24) is 10.6 Å². The average Bonchev–Trinajstić information content (AvgIpc) is 2.80. The molecule has 0 bridgehead atoms. The van der Waals surface area contributed by atoms with Gasteiger partial charge in [0.15, 0.2) is 0 Å². The van der Waals surface area contributed by atoms with Crippen LogP contribution in [0.4, 0.5) is 0 Å². The highest BCUT2D eigenvalue weighted by molar-refractivity contribution is 5.82. The fraction of sp³-hybridized carbons (Fsp3) is 0.943. The quantitative estimate of drug-likeness (QED) is 0.115. The lowest BCUT2D eigenvalue weighted by atomic mass is 9.86. The molecule has 0 saturated carbocycles. The zero-order valence-electron chi connectivity index (χ0n) is 30.7. The van der Waals surface area contributed by atoms with Crippen LogP contribution in [0.25, 0.3) is 0 Å². The van der Waals surface area contributed by atoms with Gasteiger partial charge in [0.1, 0.15) is 0 Å². The molecular weight excluding hydrogens is 542 g/mol. The van der Waals surface area contributed by atoms with Crippen molar-refractivity contribution >= 4 is 11.8 Å². The summed E-state index contributed by atoms with van der Waals surface area (Å²) in [6.45, 7) is 31.0. The summed E-state index contributed by atoms with van der Waals surface area (Å²) in [7, 11) is 0. The normalized spacial score (nSPS) is 13.9. The van der Waals surface area contributed by atoms with Gasteiger partial charge in [0.05, 0.1) is 16.8 Å². The Morgan fingerprint density at radius 3 is 1.49 bits per heavy atom. The summed E-state index contributed by atoms with van der Waals surface area (Å²) in [5.41, 5.74) is 3.42. The summed E-state index contributed by atoms with van der Waals surface area (Å²) in [6.07, 6.45) is 5.96. The van der Waals surface area contributed by atoms with E-state index < -0.39 is 16.6 Å². The molecule has 8 nitrogen and oxygen atoms in total. The van der Waals surface area contributed by atoms with Gasteiger partial charge in [-0.3, -0.25) is 9.59 Å². The van der Waals surface area contributed by atoms with Crippen LogP contribution in [-0.4, -0.2) is 66.1 Å². The third-order valence-corrected chi connectivity index (χ3v) is 8.23. The minimum atomic E-state index is -0.562. The van der Waals surface area contributed by atoms with E-state index in [1.165, 1.54) is 0 Å². The number of carbonyl (C=O) groups excluding carboxylic acids is 2. The standard InChI is InChI=1S/C35H71N3O5/c1-27(2)15-17-33(9,10)42-25-21-31(5,6)37-28(39)16-18-34(11,12)43-26-22-32(7,8)38-29(40)30(3,4)20-24-41-35(13,14)19-23-36/h27H,15-26,36H2,1-14H3,(H,37,39)(H,38,40). The van der Waals surface area contributed by atoms with Crippen LogP contribution in [0, 0.1) is 11.3 Å². The highest BCUT2D eigenvalue weighted by Crippen LogP contribution is 2.26. The Morgan fingerprint density at radius 2 is 1.02 bits per heavy atom. The smallest absolute Gasteiger partial charge is 0.226 e. The molecule has 2 amide bonds. The molecule has 0 aromatic heterocycles. The molecule has 0 radical (unpaired) electrons. The molecule has 0 aliphatic carbocycles. The minimum absolute atomic E-state index is 0.000739. The molecule has 8 heteroatoms. The van der Waals surface area contributed by atoms with Crippen LogP contribution in [0.2, 0.25) is 0 Å². The second kappa shape index (κ2) is 17.5. The zero-order chi connectivity index (χ0) is 33.8. The van der Waals surface area contributed by atoms with Crippen LogP contribution in [0.1, 0.15) is 148 Å². The number of nitrogens with two attached hydrogens (primary N) is 1. The number of rotatable bonds is 23. The highest BCUT2D eigenvalue weighted by atomic mass is 16.5. The van der Waals surface area contributed by atoms with Gasteiger partial charge in [-0.05, 0) is 127 Å². The van der Waals surface area contributed by atoms with E-state index in [1.54, 1.807) is 0 Å². The van der Waals surface area contributed by atoms with Crippen LogP contribution >= 0.6 is 0 Å². The Labute approximate surface area is 265 Å². The second-order valence-corrected chi connectivity index (χ2v) is 16.7. The van der Waals surface area contributed by atoms with Gasteiger partial charge in [0, 0.05) is 42.7 Å². The van der Waals surface area contributed by atoms with Gasteiger partial charge in [-0.2, -0.15) is 0 Å². The van der Waals surface area contributed by atoms with Crippen molar-refractivity contribution in [1.29, 1.82) is 0 Å². The van der Waals surface area contributed by atoms with E-state index in [-0.39, 0.29) is 28.6 Å². The zero-order valence-corrected chi connectivity index (χ0v) is 30.7. The topological polar surface area (TPSA) is 112 Å². The molecule has 0 rings (SSSR count). The molecule has 0 aliphatic rings. The van der Waals surface area contributed by atoms with E-state index in [2.05, 4.69) is 38.3 Å². The predicted molar refractivity (Wildman–Crippen MR) is 179 cm³/mol. The van der Waals surface area contributed by atoms with Gasteiger partial charge < -0.3 is 30.6 Å². The van der Waals surface area contributed by atoms with Gasteiger partial charge >= 0.3 is 0 Å². The van der Waals surface area contributed by atoms with Crippen LogP contribution < -0.4 is 16.4 Å². The first-order valence-electron chi connectivity index (χ1n) is 16.6. The molecule has 0 aromatic rings. The van der Waals surface area contributed by atoms with Crippen molar-refractivity contribution in [3.05, 3.63) is 0 Å². The maximum absolute atomic E-state index is 13.1. The van der Waals surface area contributed by atoms with Gasteiger partial charge in [-0.15, -0.1) is 0 Å². The fourth-order valence-electron chi connectivity index (χ4n) is 4.52. The number of carbonyl (C=O) groups is 2. The minimum Gasteiger partial charge on any atom is -0.375 e. The number of amides is 2. The molecule has 256 valence electrons. The third kappa shape index (κ3) is 20.4. The molecule has 0 heterocycles. The summed E-state index contributed by atoms with van der Waals surface area (Å²) < 4.78 is 18.3. The molecule has 0 saturated heterocycles. The molecule has 0 aliphatic heterocycles. The molecule has 0 atom stereocenters.